The number of nitrogens with one attached hydrogen (secondary N) is 3. The summed E-state index contributed by atoms with van der Waals surface area (Å²) in [6, 6.07) is 17.0. The van der Waals surface area contributed by atoms with Gasteiger partial charge in [0.1, 0.15) is 24.3 Å². The molecule has 0 unspecified atom stereocenters. The number of carbonyl (C=O) groups is 2. The van der Waals surface area contributed by atoms with E-state index in [1.807, 2.05) is 31.2 Å². The van der Waals surface area contributed by atoms with Crippen LogP contribution in [0.3, 0.4) is 0 Å². The largest absolute Gasteiger partial charge is 0.445 e. The van der Waals surface area contributed by atoms with Gasteiger partial charge >= 0.3 is 12.3 Å². The summed E-state index contributed by atoms with van der Waals surface area (Å²) in [6.07, 6.45) is -7.05. The van der Waals surface area contributed by atoms with E-state index in [0.29, 0.717) is 18.2 Å². The van der Waals surface area contributed by atoms with Gasteiger partial charge in [0, 0.05) is 30.7 Å². The van der Waals surface area contributed by atoms with E-state index in [4.69, 9.17) is 4.74 Å². The van der Waals surface area contributed by atoms with Crippen LogP contribution in [-0.2, 0) is 35.5 Å². The Morgan fingerprint density at radius 3 is 2.24 bits per heavy atom. The molecule has 0 saturated heterocycles. The lowest BCUT2D eigenvalue weighted by Crippen LogP contribution is -2.55. The maximum Gasteiger partial charge on any atom is 0.408 e. The molecule has 2 amide bonds. The minimum absolute atomic E-state index is 0.0172. The van der Waals surface area contributed by atoms with E-state index in [2.05, 4.69) is 16.0 Å². The molecule has 3 aromatic carbocycles. The molecule has 46 heavy (non-hydrogen) atoms. The molecule has 0 heterocycles. The summed E-state index contributed by atoms with van der Waals surface area (Å²) in [7, 11) is 0. The lowest BCUT2D eigenvalue weighted by molar-refractivity contribution is -0.129. The molecule has 0 aliphatic carbocycles. The number of ether oxygens (including phenoxy) is 1. The highest BCUT2D eigenvalue weighted by Crippen LogP contribution is 2.22. The Morgan fingerprint density at radius 2 is 1.57 bits per heavy atom. The van der Waals surface area contributed by atoms with E-state index >= 15 is 0 Å². The maximum absolute atomic E-state index is 14.0. The fourth-order valence-electron chi connectivity index (χ4n) is 4.49. The summed E-state index contributed by atoms with van der Waals surface area (Å²) in [6.45, 7) is 2.30. The Morgan fingerprint density at radius 1 is 0.891 bits per heavy atom. The molecule has 0 fully saturated rings. The van der Waals surface area contributed by atoms with Gasteiger partial charge in [0.05, 0.1) is 18.6 Å². The zero-order chi connectivity index (χ0) is 33.5. The van der Waals surface area contributed by atoms with Crippen LogP contribution in [0.4, 0.5) is 26.7 Å². The maximum atomic E-state index is 14.0. The summed E-state index contributed by atoms with van der Waals surface area (Å²) in [5.41, 5.74) is 2.93. The van der Waals surface area contributed by atoms with Gasteiger partial charge < -0.3 is 25.8 Å². The van der Waals surface area contributed by atoms with E-state index in [-0.39, 0.29) is 36.6 Å². The highest BCUT2D eigenvalue weighted by atomic mass is 32.2. The second kappa shape index (κ2) is 18.5. The van der Waals surface area contributed by atoms with Gasteiger partial charge in [-0.2, -0.15) is 24.9 Å². The highest BCUT2D eigenvalue weighted by molar-refractivity contribution is 7.99. The second-order valence-corrected chi connectivity index (χ2v) is 11.8. The van der Waals surface area contributed by atoms with Crippen LogP contribution in [0, 0.1) is 11.6 Å². The summed E-state index contributed by atoms with van der Waals surface area (Å²) in [5, 5.41) is 19.2. The van der Waals surface area contributed by atoms with Crippen molar-refractivity contribution in [1.29, 1.82) is 0 Å². The molecule has 0 aromatic heterocycles. The quantitative estimate of drug-likeness (QED) is 0.109. The molecule has 3 rings (SSSR count). The topological polar surface area (TPSA) is 99.7 Å². The number of hydrogen-bond acceptors (Lipinski definition) is 6. The molecular formula is C33H38F5N3O4S. The molecule has 0 radical (unpaired) electrons. The number of alkyl halides is 3. The first-order chi connectivity index (χ1) is 21.9. The van der Waals surface area contributed by atoms with Gasteiger partial charge in [-0.05, 0) is 47.2 Å². The van der Waals surface area contributed by atoms with Crippen molar-refractivity contribution in [2.45, 2.75) is 63.7 Å². The van der Waals surface area contributed by atoms with Gasteiger partial charge in [-0.25, -0.2) is 13.6 Å². The molecule has 0 aliphatic rings. The summed E-state index contributed by atoms with van der Waals surface area (Å²) >= 11 is 0.806. The van der Waals surface area contributed by atoms with Crippen LogP contribution in [0.1, 0.15) is 35.6 Å². The van der Waals surface area contributed by atoms with Gasteiger partial charge in [-0.15, -0.1) is 0 Å². The van der Waals surface area contributed by atoms with Crippen molar-refractivity contribution < 1.29 is 41.4 Å². The smallest absolute Gasteiger partial charge is 0.408 e. The highest BCUT2D eigenvalue weighted by Gasteiger charge is 2.30. The Hall–Kier alpha value is -3.68. The van der Waals surface area contributed by atoms with Crippen LogP contribution in [-0.4, -0.2) is 59.5 Å². The first-order valence-electron chi connectivity index (χ1n) is 14.8. The Labute approximate surface area is 269 Å². The number of benzene rings is 3. The minimum Gasteiger partial charge on any atom is -0.445 e. The molecule has 0 aliphatic heterocycles. The van der Waals surface area contributed by atoms with Gasteiger partial charge in [0.25, 0.3) is 0 Å². The zero-order valence-corrected chi connectivity index (χ0v) is 26.1. The number of amides is 2. The molecule has 13 heteroatoms. The third-order valence-corrected chi connectivity index (χ3v) is 7.95. The molecule has 7 nitrogen and oxygen atoms in total. The Bertz CT molecular complexity index is 1380. The van der Waals surface area contributed by atoms with Crippen molar-refractivity contribution >= 4 is 23.8 Å². The monoisotopic (exact) mass is 667 g/mol. The number of thioether (sulfide) groups is 1. The molecule has 0 spiro atoms. The Balaban J connectivity index is 1.72. The van der Waals surface area contributed by atoms with Crippen molar-refractivity contribution in [3.63, 3.8) is 0 Å². The van der Waals surface area contributed by atoms with E-state index in [0.717, 1.165) is 41.4 Å². The first kappa shape index (κ1) is 36.8. The average Bonchev–Trinajstić information content (AvgIpc) is 3.00. The van der Waals surface area contributed by atoms with Crippen LogP contribution < -0.4 is 16.0 Å². The van der Waals surface area contributed by atoms with Gasteiger partial charge in [0.15, 0.2) is 0 Å². The Kier molecular flexibility index (Phi) is 14.8. The minimum atomic E-state index is -4.40. The molecule has 3 aromatic rings. The molecule has 0 bridgehead atoms. The summed E-state index contributed by atoms with van der Waals surface area (Å²) < 4.78 is 71.3. The first-order valence-corrected chi connectivity index (χ1v) is 15.9. The number of rotatable bonds is 17. The van der Waals surface area contributed by atoms with E-state index in [1.54, 1.807) is 30.3 Å². The number of hydrogen-bond donors (Lipinski definition) is 4. The lowest BCUT2D eigenvalue weighted by atomic mass is 10.00. The van der Waals surface area contributed by atoms with Crippen LogP contribution >= 0.6 is 11.8 Å². The summed E-state index contributed by atoms with van der Waals surface area (Å²) in [5.74, 6) is -3.08. The fourth-order valence-corrected chi connectivity index (χ4v) is 5.51. The normalized spacial score (nSPS) is 13.5. The fraction of sp³-hybridized carbons (Fsp3) is 0.394. The van der Waals surface area contributed by atoms with Crippen LogP contribution in [0.25, 0.3) is 0 Å². The number of halogens is 5. The van der Waals surface area contributed by atoms with E-state index in [9.17, 15) is 36.6 Å². The van der Waals surface area contributed by atoms with Crippen molar-refractivity contribution in [3.8, 4) is 0 Å². The van der Waals surface area contributed by atoms with Gasteiger partial charge in [0.2, 0.25) is 5.91 Å². The number of aliphatic hydroxyl groups is 1. The third kappa shape index (κ3) is 13.8. The standard InChI is InChI=1S/C33H38F5N3O4S/c1-2-22-9-6-10-24(13-22)18-39-19-30(42)28(16-25-14-26(34)17-27(35)15-25)40-31(43)29(21-46-12-11-33(36,37)38)41-32(44)45-20-23-7-4-3-5-8-23/h3-10,13-15,17,28-30,39,42H,2,11-12,16,18-21H2,1H3,(H,40,43)(H,41,44)/t28-,29+,30+/m0/s1. The molecule has 4 N–H and O–H groups in total. The predicted octanol–water partition coefficient (Wildman–Crippen LogP) is 5.69. The number of aryl methyl sites for hydroxylation is 1. The van der Waals surface area contributed by atoms with Crippen molar-refractivity contribution in [3.05, 3.63) is 107 Å². The number of carbonyl (C=O) groups excluding carboxylic acids is 2. The number of alkyl carbamates (subject to hydrolysis) is 1. The molecule has 0 saturated carbocycles. The van der Waals surface area contributed by atoms with Crippen LogP contribution in [0.15, 0.2) is 72.8 Å². The molecule has 3 atom stereocenters. The average molecular weight is 668 g/mol. The van der Waals surface area contributed by atoms with Crippen molar-refractivity contribution in [2.75, 3.05) is 18.1 Å². The molecule has 250 valence electrons. The third-order valence-electron chi connectivity index (χ3n) is 6.89. The van der Waals surface area contributed by atoms with E-state index < -0.39 is 54.4 Å². The number of aliphatic hydroxyl groups excluding tert-OH is 1. The lowest BCUT2D eigenvalue weighted by Gasteiger charge is -2.27. The SMILES string of the molecule is CCc1cccc(CNC[C@@H](O)[C@H](Cc2cc(F)cc(F)c2)NC(=O)[C@@H](CSCCC(F)(F)F)NC(=O)OCc2ccccc2)c1. The second-order valence-electron chi connectivity index (χ2n) is 10.7. The van der Waals surface area contributed by atoms with Crippen LogP contribution in [0.5, 0.6) is 0 Å². The summed E-state index contributed by atoms with van der Waals surface area (Å²) in [4.78, 5) is 26.0. The predicted molar refractivity (Wildman–Crippen MR) is 167 cm³/mol. The van der Waals surface area contributed by atoms with E-state index in [1.165, 1.54) is 0 Å². The van der Waals surface area contributed by atoms with Crippen LogP contribution in [0.2, 0.25) is 0 Å². The van der Waals surface area contributed by atoms with Gasteiger partial charge in [-0.1, -0.05) is 61.5 Å². The van der Waals surface area contributed by atoms with Gasteiger partial charge in [-0.3, -0.25) is 4.79 Å². The zero-order valence-electron chi connectivity index (χ0n) is 25.3. The van der Waals surface area contributed by atoms with Crippen molar-refractivity contribution in [2.24, 2.45) is 0 Å². The van der Waals surface area contributed by atoms with Crippen molar-refractivity contribution in [1.82, 2.24) is 16.0 Å². The molecular weight excluding hydrogens is 629 g/mol.